The van der Waals surface area contributed by atoms with Crippen LogP contribution in [0, 0.1) is 0 Å². The molecular formula is C6H16N2V. The van der Waals surface area contributed by atoms with Crippen molar-refractivity contribution in [3.05, 3.63) is 0 Å². The van der Waals surface area contributed by atoms with Crippen molar-refractivity contribution >= 4 is 0 Å². The molecule has 0 unspecified atom stereocenters. The summed E-state index contributed by atoms with van der Waals surface area (Å²) in [4.78, 5) is 4.41. The molecular weight excluding hydrogens is 151 g/mol. The fourth-order valence-electron chi connectivity index (χ4n) is 0.583. The van der Waals surface area contributed by atoms with E-state index in [2.05, 4.69) is 37.9 Å². The Labute approximate surface area is 70.1 Å². The van der Waals surface area contributed by atoms with Gasteiger partial charge in [-0.3, -0.25) is 9.80 Å². The Morgan fingerprint density at radius 2 is 1.56 bits per heavy atom. The van der Waals surface area contributed by atoms with Crippen LogP contribution in [0.25, 0.3) is 0 Å². The van der Waals surface area contributed by atoms with Crippen molar-refractivity contribution < 1.29 is 18.6 Å². The average molecular weight is 167 g/mol. The SMILES string of the molecule is CCN(C)CN(C)C.[V]. The Morgan fingerprint density at radius 3 is 1.67 bits per heavy atom. The van der Waals surface area contributed by atoms with Gasteiger partial charge in [0.25, 0.3) is 0 Å². The van der Waals surface area contributed by atoms with Crippen LogP contribution < -0.4 is 0 Å². The Kier molecular flexibility index (Phi) is 8.98. The van der Waals surface area contributed by atoms with Gasteiger partial charge in [0.1, 0.15) is 0 Å². The van der Waals surface area contributed by atoms with E-state index in [0.29, 0.717) is 0 Å². The third-order valence-corrected chi connectivity index (χ3v) is 1.06. The first-order valence-corrected chi connectivity index (χ1v) is 3.00. The summed E-state index contributed by atoms with van der Waals surface area (Å²) in [6.45, 7) is 4.33. The molecule has 0 fully saturated rings. The molecule has 0 saturated carbocycles. The summed E-state index contributed by atoms with van der Waals surface area (Å²) < 4.78 is 0. The van der Waals surface area contributed by atoms with Crippen molar-refractivity contribution in [2.75, 3.05) is 34.4 Å². The second-order valence-corrected chi connectivity index (χ2v) is 2.39. The fourth-order valence-corrected chi connectivity index (χ4v) is 0.583. The van der Waals surface area contributed by atoms with E-state index >= 15 is 0 Å². The summed E-state index contributed by atoms with van der Waals surface area (Å²) in [6.07, 6.45) is 0. The summed E-state index contributed by atoms with van der Waals surface area (Å²) in [5, 5.41) is 0. The molecule has 1 radical (unpaired) electrons. The van der Waals surface area contributed by atoms with Crippen molar-refractivity contribution in [3.63, 3.8) is 0 Å². The second kappa shape index (κ2) is 6.62. The van der Waals surface area contributed by atoms with E-state index in [-0.39, 0.29) is 18.6 Å². The molecule has 0 aliphatic rings. The van der Waals surface area contributed by atoms with Crippen molar-refractivity contribution in [1.82, 2.24) is 9.80 Å². The van der Waals surface area contributed by atoms with Crippen molar-refractivity contribution in [2.24, 2.45) is 0 Å². The summed E-state index contributed by atoms with van der Waals surface area (Å²) in [5.41, 5.74) is 0. The predicted molar refractivity (Wildman–Crippen MR) is 36.9 cm³/mol. The molecule has 0 bridgehead atoms. The minimum Gasteiger partial charge on any atom is -0.297 e. The van der Waals surface area contributed by atoms with Gasteiger partial charge in [0, 0.05) is 25.2 Å². The van der Waals surface area contributed by atoms with E-state index in [1.165, 1.54) is 0 Å². The van der Waals surface area contributed by atoms with Gasteiger partial charge in [-0.05, 0) is 27.7 Å². The Hall–Kier alpha value is 0.504. The number of rotatable bonds is 3. The summed E-state index contributed by atoms with van der Waals surface area (Å²) in [6, 6.07) is 0. The van der Waals surface area contributed by atoms with Crippen molar-refractivity contribution in [2.45, 2.75) is 6.92 Å². The Balaban J connectivity index is 0. The van der Waals surface area contributed by atoms with Crippen LogP contribution in [-0.4, -0.2) is 44.2 Å². The van der Waals surface area contributed by atoms with Crippen LogP contribution in [0.4, 0.5) is 0 Å². The van der Waals surface area contributed by atoms with E-state index < -0.39 is 0 Å². The van der Waals surface area contributed by atoms with Crippen LogP contribution >= 0.6 is 0 Å². The summed E-state index contributed by atoms with van der Waals surface area (Å²) in [7, 11) is 6.26. The number of nitrogens with zero attached hydrogens (tertiary/aromatic N) is 2. The molecule has 0 N–H and O–H groups in total. The topological polar surface area (TPSA) is 6.48 Å². The first-order chi connectivity index (χ1) is 3.66. The second-order valence-electron chi connectivity index (χ2n) is 2.39. The average Bonchev–Trinajstić information content (AvgIpc) is 1.65. The zero-order valence-electron chi connectivity index (χ0n) is 6.76. The monoisotopic (exact) mass is 167 g/mol. The van der Waals surface area contributed by atoms with Crippen LogP contribution in [0.3, 0.4) is 0 Å². The maximum Gasteiger partial charge on any atom is 0.0497 e. The molecule has 0 heterocycles. The number of hydrogen-bond acceptors (Lipinski definition) is 2. The van der Waals surface area contributed by atoms with Gasteiger partial charge < -0.3 is 0 Å². The molecule has 0 aromatic heterocycles. The normalized spacial score (nSPS) is 10.0. The maximum absolute atomic E-state index is 2.25. The van der Waals surface area contributed by atoms with Gasteiger partial charge in [-0.25, -0.2) is 0 Å². The Morgan fingerprint density at radius 1 is 1.11 bits per heavy atom. The van der Waals surface area contributed by atoms with Crippen LogP contribution in [-0.2, 0) is 18.6 Å². The smallest absolute Gasteiger partial charge is 0.0497 e. The molecule has 0 aliphatic carbocycles. The van der Waals surface area contributed by atoms with E-state index in [1.54, 1.807) is 0 Å². The first kappa shape index (κ1) is 12.2. The van der Waals surface area contributed by atoms with E-state index in [0.717, 1.165) is 13.2 Å². The molecule has 0 aliphatic heterocycles. The molecule has 55 valence electrons. The summed E-state index contributed by atoms with van der Waals surface area (Å²) >= 11 is 0. The van der Waals surface area contributed by atoms with Gasteiger partial charge in [0.05, 0.1) is 0 Å². The molecule has 3 heteroatoms. The van der Waals surface area contributed by atoms with Crippen LogP contribution in [0.5, 0.6) is 0 Å². The fraction of sp³-hybridized carbons (Fsp3) is 1.00. The van der Waals surface area contributed by atoms with Crippen LogP contribution in [0.2, 0.25) is 0 Å². The molecule has 2 nitrogen and oxygen atoms in total. The summed E-state index contributed by atoms with van der Waals surface area (Å²) in [5.74, 6) is 0. The van der Waals surface area contributed by atoms with Gasteiger partial charge in [-0.1, -0.05) is 6.92 Å². The molecule has 0 saturated heterocycles. The van der Waals surface area contributed by atoms with E-state index in [1.807, 2.05) is 0 Å². The van der Waals surface area contributed by atoms with E-state index in [4.69, 9.17) is 0 Å². The quantitative estimate of drug-likeness (QED) is 0.563. The zero-order valence-corrected chi connectivity index (χ0v) is 8.15. The van der Waals surface area contributed by atoms with Gasteiger partial charge in [-0.15, -0.1) is 0 Å². The minimum atomic E-state index is 0. The van der Waals surface area contributed by atoms with E-state index in [9.17, 15) is 0 Å². The third kappa shape index (κ3) is 8.50. The largest absolute Gasteiger partial charge is 0.297 e. The van der Waals surface area contributed by atoms with Gasteiger partial charge in [0.15, 0.2) is 0 Å². The number of hydrogen-bond donors (Lipinski definition) is 0. The van der Waals surface area contributed by atoms with Gasteiger partial charge >= 0.3 is 0 Å². The van der Waals surface area contributed by atoms with Gasteiger partial charge in [-0.2, -0.15) is 0 Å². The van der Waals surface area contributed by atoms with Crippen LogP contribution in [0.1, 0.15) is 6.92 Å². The van der Waals surface area contributed by atoms with Crippen molar-refractivity contribution in [3.8, 4) is 0 Å². The first-order valence-electron chi connectivity index (χ1n) is 3.00. The molecule has 0 aromatic rings. The molecule has 0 atom stereocenters. The van der Waals surface area contributed by atoms with Crippen LogP contribution in [0.15, 0.2) is 0 Å². The molecule has 0 rings (SSSR count). The predicted octanol–water partition coefficient (Wildman–Crippen LogP) is 0.455. The Bertz CT molecular complexity index is 57.0. The molecule has 0 aromatic carbocycles. The minimum absolute atomic E-state index is 0. The molecule has 9 heavy (non-hydrogen) atoms. The van der Waals surface area contributed by atoms with Gasteiger partial charge in [0.2, 0.25) is 0 Å². The molecule has 0 amide bonds. The standard InChI is InChI=1S/C6H16N2.V/c1-5-8(4)6-7(2)3;/h5-6H2,1-4H3;. The zero-order chi connectivity index (χ0) is 6.57. The molecule has 0 spiro atoms. The van der Waals surface area contributed by atoms with Crippen molar-refractivity contribution in [1.29, 1.82) is 0 Å². The maximum atomic E-state index is 2.25. The third-order valence-electron chi connectivity index (χ3n) is 1.06.